The molecular formula is C16H17F2NS. The van der Waals surface area contributed by atoms with Crippen LogP contribution in [0.4, 0.5) is 14.5 Å². The predicted molar refractivity (Wildman–Crippen MR) is 81.4 cm³/mol. The van der Waals surface area contributed by atoms with Crippen LogP contribution in [-0.2, 0) is 13.0 Å². The standard InChI is InChI=1S/C16H17F2NS/c1-2-12-7-9-13(10-8-12)11-19-14-5-3-4-6-15(14)20-16(17)18/h3-10,16,19H,2,11H2,1H3. The van der Waals surface area contributed by atoms with Gasteiger partial charge in [0, 0.05) is 17.1 Å². The molecule has 0 bridgehead atoms. The minimum Gasteiger partial charge on any atom is -0.380 e. The van der Waals surface area contributed by atoms with Crippen molar-refractivity contribution in [1.82, 2.24) is 0 Å². The van der Waals surface area contributed by atoms with Crippen molar-refractivity contribution >= 4 is 17.4 Å². The van der Waals surface area contributed by atoms with Gasteiger partial charge in [-0.2, -0.15) is 8.78 Å². The number of thioether (sulfide) groups is 1. The Hall–Kier alpha value is -1.55. The van der Waals surface area contributed by atoms with Crippen molar-refractivity contribution in [2.45, 2.75) is 30.5 Å². The van der Waals surface area contributed by atoms with Crippen LogP contribution < -0.4 is 5.32 Å². The third-order valence-electron chi connectivity index (χ3n) is 3.02. The molecule has 1 nitrogen and oxygen atoms in total. The second-order valence-corrected chi connectivity index (χ2v) is 5.43. The number of para-hydroxylation sites is 1. The number of benzene rings is 2. The lowest BCUT2D eigenvalue weighted by Gasteiger charge is -2.11. The molecule has 0 amide bonds. The zero-order chi connectivity index (χ0) is 14.4. The smallest absolute Gasteiger partial charge is 0.288 e. The fourth-order valence-electron chi connectivity index (χ4n) is 1.90. The summed E-state index contributed by atoms with van der Waals surface area (Å²) in [4.78, 5) is 0.577. The largest absolute Gasteiger partial charge is 0.380 e. The molecule has 0 radical (unpaired) electrons. The first-order valence-corrected chi connectivity index (χ1v) is 7.42. The van der Waals surface area contributed by atoms with Gasteiger partial charge in [0.25, 0.3) is 5.76 Å². The van der Waals surface area contributed by atoms with Crippen LogP contribution in [0.5, 0.6) is 0 Å². The molecule has 0 unspecified atom stereocenters. The maximum atomic E-state index is 12.5. The molecule has 106 valence electrons. The molecule has 0 spiro atoms. The van der Waals surface area contributed by atoms with Gasteiger partial charge in [0.05, 0.1) is 0 Å². The molecule has 2 aromatic rings. The Morgan fingerprint density at radius 2 is 1.65 bits per heavy atom. The van der Waals surface area contributed by atoms with Crippen molar-refractivity contribution in [3.05, 3.63) is 59.7 Å². The van der Waals surface area contributed by atoms with E-state index in [4.69, 9.17) is 0 Å². The van der Waals surface area contributed by atoms with E-state index in [1.165, 1.54) is 5.56 Å². The second-order valence-electron chi connectivity index (χ2n) is 4.40. The van der Waals surface area contributed by atoms with Crippen LogP contribution in [0.2, 0.25) is 0 Å². The van der Waals surface area contributed by atoms with Crippen LogP contribution in [0.1, 0.15) is 18.1 Å². The van der Waals surface area contributed by atoms with Crippen LogP contribution in [0.3, 0.4) is 0 Å². The maximum absolute atomic E-state index is 12.5. The molecule has 0 atom stereocenters. The van der Waals surface area contributed by atoms with Gasteiger partial charge in [0.2, 0.25) is 0 Å². The van der Waals surface area contributed by atoms with E-state index in [0.29, 0.717) is 23.2 Å². The molecule has 0 fully saturated rings. The van der Waals surface area contributed by atoms with E-state index in [9.17, 15) is 8.78 Å². The fourth-order valence-corrected chi connectivity index (χ4v) is 2.52. The highest BCUT2D eigenvalue weighted by molar-refractivity contribution is 7.99. The summed E-state index contributed by atoms with van der Waals surface area (Å²) in [5.74, 6) is -2.40. The minimum atomic E-state index is -2.40. The number of anilines is 1. The van der Waals surface area contributed by atoms with E-state index in [1.807, 2.05) is 12.1 Å². The first-order chi connectivity index (χ1) is 9.69. The fraction of sp³-hybridized carbons (Fsp3) is 0.250. The molecule has 0 aliphatic carbocycles. The van der Waals surface area contributed by atoms with E-state index in [0.717, 1.165) is 17.7 Å². The minimum absolute atomic E-state index is 0.570. The van der Waals surface area contributed by atoms with Gasteiger partial charge in [-0.25, -0.2) is 0 Å². The molecule has 0 saturated carbocycles. The van der Waals surface area contributed by atoms with Crippen molar-refractivity contribution in [2.24, 2.45) is 0 Å². The molecule has 4 heteroatoms. The predicted octanol–water partition coefficient (Wildman–Crippen LogP) is 5.18. The Balaban J connectivity index is 2.02. The van der Waals surface area contributed by atoms with Crippen LogP contribution in [0.25, 0.3) is 0 Å². The first-order valence-electron chi connectivity index (χ1n) is 6.54. The summed E-state index contributed by atoms with van der Waals surface area (Å²) in [6, 6.07) is 15.5. The molecule has 20 heavy (non-hydrogen) atoms. The van der Waals surface area contributed by atoms with E-state index in [2.05, 4.69) is 36.5 Å². The lowest BCUT2D eigenvalue weighted by Crippen LogP contribution is -2.01. The Bertz CT molecular complexity index is 540. The molecule has 0 aromatic heterocycles. The van der Waals surface area contributed by atoms with Gasteiger partial charge >= 0.3 is 0 Å². The van der Waals surface area contributed by atoms with E-state index in [1.54, 1.807) is 12.1 Å². The van der Waals surface area contributed by atoms with Crippen LogP contribution in [-0.4, -0.2) is 5.76 Å². The lowest BCUT2D eigenvalue weighted by molar-refractivity contribution is 0.252. The zero-order valence-electron chi connectivity index (χ0n) is 11.3. The second kappa shape index (κ2) is 7.29. The quantitative estimate of drug-likeness (QED) is 0.737. The maximum Gasteiger partial charge on any atom is 0.288 e. The number of nitrogens with one attached hydrogen (secondary N) is 1. The molecule has 2 rings (SSSR count). The highest BCUT2D eigenvalue weighted by Crippen LogP contribution is 2.31. The van der Waals surface area contributed by atoms with Gasteiger partial charge < -0.3 is 5.32 Å². The topological polar surface area (TPSA) is 12.0 Å². The number of halogens is 2. The lowest BCUT2D eigenvalue weighted by atomic mass is 10.1. The summed E-state index contributed by atoms with van der Waals surface area (Å²) in [7, 11) is 0. The van der Waals surface area contributed by atoms with Gasteiger partial charge in [-0.15, -0.1) is 0 Å². The Morgan fingerprint density at radius 1 is 1.00 bits per heavy atom. The SMILES string of the molecule is CCc1ccc(CNc2ccccc2SC(F)F)cc1. The summed E-state index contributed by atoms with van der Waals surface area (Å²) < 4.78 is 25.0. The highest BCUT2D eigenvalue weighted by Gasteiger charge is 2.09. The summed E-state index contributed by atoms with van der Waals surface area (Å²) in [5, 5.41) is 3.22. The Morgan fingerprint density at radius 3 is 2.30 bits per heavy atom. The number of hydrogen-bond donors (Lipinski definition) is 1. The van der Waals surface area contributed by atoms with Gasteiger partial charge in [-0.05, 0) is 29.7 Å². The van der Waals surface area contributed by atoms with Gasteiger partial charge in [0.1, 0.15) is 0 Å². The Labute approximate surface area is 122 Å². The normalized spacial score (nSPS) is 10.8. The van der Waals surface area contributed by atoms with Crippen molar-refractivity contribution in [3.63, 3.8) is 0 Å². The molecular weight excluding hydrogens is 276 g/mol. The third kappa shape index (κ3) is 4.23. The summed E-state index contributed by atoms with van der Waals surface area (Å²) >= 11 is 0.570. The average molecular weight is 293 g/mol. The number of alkyl halides is 2. The first kappa shape index (κ1) is 14.9. The van der Waals surface area contributed by atoms with Crippen molar-refractivity contribution in [1.29, 1.82) is 0 Å². The third-order valence-corrected chi connectivity index (χ3v) is 3.81. The molecule has 0 aliphatic heterocycles. The molecule has 0 heterocycles. The van der Waals surface area contributed by atoms with Crippen molar-refractivity contribution in [3.8, 4) is 0 Å². The van der Waals surface area contributed by atoms with E-state index >= 15 is 0 Å². The van der Waals surface area contributed by atoms with Crippen molar-refractivity contribution < 1.29 is 8.78 Å². The highest BCUT2D eigenvalue weighted by atomic mass is 32.2. The van der Waals surface area contributed by atoms with Crippen LogP contribution >= 0.6 is 11.8 Å². The average Bonchev–Trinajstić information content (AvgIpc) is 2.46. The number of hydrogen-bond acceptors (Lipinski definition) is 2. The molecule has 1 N–H and O–H groups in total. The van der Waals surface area contributed by atoms with Crippen LogP contribution in [0.15, 0.2) is 53.4 Å². The van der Waals surface area contributed by atoms with E-state index < -0.39 is 5.76 Å². The summed E-state index contributed by atoms with van der Waals surface area (Å²) in [5.41, 5.74) is 3.18. The van der Waals surface area contributed by atoms with Gasteiger partial charge in [-0.1, -0.05) is 55.1 Å². The summed E-state index contributed by atoms with van der Waals surface area (Å²) in [6.45, 7) is 2.75. The van der Waals surface area contributed by atoms with Gasteiger partial charge in [0.15, 0.2) is 0 Å². The Kier molecular flexibility index (Phi) is 5.41. The van der Waals surface area contributed by atoms with Crippen LogP contribution in [0, 0.1) is 0 Å². The van der Waals surface area contributed by atoms with Crippen molar-refractivity contribution in [2.75, 3.05) is 5.32 Å². The molecule has 0 aliphatic rings. The van der Waals surface area contributed by atoms with Gasteiger partial charge in [-0.3, -0.25) is 0 Å². The molecule has 2 aromatic carbocycles. The zero-order valence-corrected chi connectivity index (χ0v) is 12.1. The number of rotatable bonds is 6. The molecule has 0 saturated heterocycles. The number of aryl methyl sites for hydroxylation is 1. The van der Waals surface area contributed by atoms with E-state index in [-0.39, 0.29) is 0 Å². The summed E-state index contributed by atoms with van der Waals surface area (Å²) in [6.07, 6.45) is 1.02. The monoisotopic (exact) mass is 293 g/mol.